The third-order valence-corrected chi connectivity index (χ3v) is 6.61. The van der Waals surface area contributed by atoms with Crippen LogP contribution in [0.3, 0.4) is 0 Å². The van der Waals surface area contributed by atoms with Gasteiger partial charge < -0.3 is 5.32 Å². The Labute approximate surface area is 180 Å². The minimum Gasteiger partial charge on any atom is -0.349 e. The summed E-state index contributed by atoms with van der Waals surface area (Å²) in [6.45, 7) is 4.72. The first-order valence-electron chi connectivity index (χ1n) is 9.88. The summed E-state index contributed by atoms with van der Waals surface area (Å²) >= 11 is 7.93. The number of halogens is 1. The molecule has 0 saturated carbocycles. The number of nitrogens with zero attached hydrogens (tertiary/aromatic N) is 2. The summed E-state index contributed by atoms with van der Waals surface area (Å²) in [5.41, 5.74) is 3.85. The molecule has 1 N–H and O–H groups in total. The molecule has 1 saturated heterocycles. The maximum absolute atomic E-state index is 12.5. The van der Waals surface area contributed by atoms with Crippen LogP contribution < -0.4 is 5.32 Å². The van der Waals surface area contributed by atoms with Gasteiger partial charge in [-0.3, -0.25) is 9.69 Å². The molecule has 4 nitrogen and oxygen atoms in total. The fourth-order valence-corrected chi connectivity index (χ4v) is 4.82. The SMILES string of the molecule is Cc1ccccc1C(=O)NC1CCN(Cc2csc(-c3ccccc3Cl)n2)CC1. The Balaban J connectivity index is 1.30. The van der Waals surface area contributed by atoms with Crippen LogP contribution in [0.25, 0.3) is 10.6 Å². The van der Waals surface area contributed by atoms with Crippen LogP contribution in [0.15, 0.2) is 53.9 Å². The van der Waals surface area contributed by atoms with Gasteiger partial charge in [0.2, 0.25) is 0 Å². The van der Waals surface area contributed by atoms with Crippen molar-refractivity contribution in [2.24, 2.45) is 0 Å². The molecule has 6 heteroatoms. The highest BCUT2D eigenvalue weighted by atomic mass is 35.5. The molecule has 0 unspecified atom stereocenters. The van der Waals surface area contributed by atoms with Crippen LogP contribution in [0.4, 0.5) is 0 Å². The summed E-state index contributed by atoms with van der Waals surface area (Å²) in [5, 5.41) is 7.01. The van der Waals surface area contributed by atoms with Crippen LogP contribution in [-0.4, -0.2) is 34.9 Å². The van der Waals surface area contributed by atoms with E-state index >= 15 is 0 Å². The molecule has 1 aliphatic heterocycles. The van der Waals surface area contributed by atoms with Gasteiger partial charge in [0.15, 0.2) is 0 Å². The number of carbonyl (C=O) groups is 1. The molecule has 1 aliphatic rings. The molecule has 0 bridgehead atoms. The van der Waals surface area contributed by atoms with Gasteiger partial charge in [-0.15, -0.1) is 11.3 Å². The zero-order chi connectivity index (χ0) is 20.2. The van der Waals surface area contributed by atoms with Crippen molar-refractivity contribution in [3.63, 3.8) is 0 Å². The van der Waals surface area contributed by atoms with Crippen molar-refractivity contribution in [3.8, 4) is 10.6 Å². The first kappa shape index (κ1) is 20.1. The van der Waals surface area contributed by atoms with Crippen LogP contribution >= 0.6 is 22.9 Å². The number of carbonyl (C=O) groups excluding carboxylic acids is 1. The number of hydrogen-bond donors (Lipinski definition) is 1. The van der Waals surface area contributed by atoms with E-state index in [1.165, 1.54) is 0 Å². The monoisotopic (exact) mass is 425 g/mol. The molecule has 1 aromatic heterocycles. The Bertz CT molecular complexity index is 995. The van der Waals surface area contributed by atoms with Gasteiger partial charge in [-0.05, 0) is 37.5 Å². The Morgan fingerprint density at radius 1 is 1.17 bits per heavy atom. The van der Waals surface area contributed by atoms with E-state index in [0.717, 1.165) is 64.9 Å². The number of piperidine rings is 1. The molecule has 3 aromatic rings. The van der Waals surface area contributed by atoms with Crippen LogP contribution in [0, 0.1) is 6.92 Å². The van der Waals surface area contributed by atoms with Gasteiger partial charge in [0.1, 0.15) is 5.01 Å². The lowest BCUT2D eigenvalue weighted by Gasteiger charge is -2.32. The van der Waals surface area contributed by atoms with Crippen LogP contribution in [0.5, 0.6) is 0 Å². The number of aryl methyl sites for hydroxylation is 1. The fourth-order valence-electron chi connectivity index (χ4n) is 3.69. The Morgan fingerprint density at radius 3 is 2.66 bits per heavy atom. The lowest BCUT2D eigenvalue weighted by atomic mass is 10.0. The smallest absolute Gasteiger partial charge is 0.251 e. The van der Waals surface area contributed by atoms with Crippen LogP contribution in [-0.2, 0) is 6.54 Å². The predicted octanol–water partition coefficient (Wildman–Crippen LogP) is 5.17. The highest BCUT2D eigenvalue weighted by Crippen LogP contribution is 2.30. The van der Waals surface area contributed by atoms with Crippen molar-refractivity contribution in [3.05, 3.63) is 75.8 Å². The van der Waals surface area contributed by atoms with Gasteiger partial charge in [0, 0.05) is 42.2 Å². The van der Waals surface area contributed by atoms with Crippen molar-refractivity contribution in [1.82, 2.24) is 15.2 Å². The molecular formula is C23H24ClN3OS. The van der Waals surface area contributed by atoms with Crippen molar-refractivity contribution >= 4 is 28.8 Å². The van der Waals surface area contributed by atoms with E-state index in [1.54, 1.807) is 11.3 Å². The number of hydrogen-bond acceptors (Lipinski definition) is 4. The van der Waals surface area contributed by atoms with Crippen molar-refractivity contribution in [1.29, 1.82) is 0 Å². The number of rotatable bonds is 5. The second-order valence-corrected chi connectivity index (χ2v) is 8.73. The Hall–Kier alpha value is -2.21. The largest absolute Gasteiger partial charge is 0.349 e. The number of benzene rings is 2. The van der Waals surface area contributed by atoms with Gasteiger partial charge in [0.25, 0.3) is 5.91 Å². The van der Waals surface area contributed by atoms with E-state index in [9.17, 15) is 4.79 Å². The molecule has 1 amide bonds. The Kier molecular flexibility index (Phi) is 6.28. The van der Waals surface area contributed by atoms with Gasteiger partial charge in [-0.25, -0.2) is 4.98 Å². The Morgan fingerprint density at radius 2 is 1.90 bits per heavy atom. The number of nitrogens with one attached hydrogen (secondary N) is 1. The van der Waals surface area contributed by atoms with E-state index in [0.29, 0.717) is 0 Å². The van der Waals surface area contributed by atoms with Crippen molar-refractivity contribution < 1.29 is 4.79 Å². The molecule has 29 heavy (non-hydrogen) atoms. The lowest BCUT2D eigenvalue weighted by Crippen LogP contribution is -2.44. The first-order chi connectivity index (χ1) is 14.1. The highest BCUT2D eigenvalue weighted by Gasteiger charge is 2.22. The van der Waals surface area contributed by atoms with E-state index in [2.05, 4.69) is 15.6 Å². The third kappa shape index (κ3) is 4.86. The van der Waals surface area contributed by atoms with Crippen molar-refractivity contribution in [2.45, 2.75) is 32.4 Å². The van der Waals surface area contributed by atoms with Crippen LogP contribution in [0.1, 0.15) is 34.5 Å². The minimum atomic E-state index is 0.0328. The highest BCUT2D eigenvalue weighted by molar-refractivity contribution is 7.13. The maximum atomic E-state index is 12.5. The standard InChI is InChI=1S/C23H24ClN3OS/c1-16-6-2-3-7-19(16)22(28)25-17-10-12-27(13-11-17)14-18-15-29-23(26-18)20-8-4-5-9-21(20)24/h2-9,15,17H,10-14H2,1H3,(H,25,28). The van der Waals surface area contributed by atoms with Crippen LogP contribution in [0.2, 0.25) is 5.02 Å². The summed E-state index contributed by atoms with van der Waals surface area (Å²) in [6.07, 6.45) is 1.91. The molecule has 0 aliphatic carbocycles. The second kappa shape index (κ2) is 9.08. The number of aromatic nitrogens is 1. The number of thiazole rings is 1. The number of likely N-dealkylation sites (tertiary alicyclic amines) is 1. The molecule has 1 fully saturated rings. The van der Waals surface area contributed by atoms with E-state index < -0.39 is 0 Å². The molecule has 4 rings (SSSR count). The van der Waals surface area contributed by atoms with Crippen molar-refractivity contribution in [2.75, 3.05) is 13.1 Å². The predicted molar refractivity (Wildman–Crippen MR) is 120 cm³/mol. The molecule has 0 radical (unpaired) electrons. The molecule has 0 spiro atoms. The minimum absolute atomic E-state index is 0.0328. The molecule has 2 heterocycles. The topological polar surface area (TPSA) is 45.2 Å². The summed E-state index contributed by atoms with van der Waals surface area (Å²) in [4.78, 5) is 19.7. The molecule has 0 atom stereocenters. The van der Waals surface area contributed by atoms with Gasteiger partial charge in [0.05, 0.1) is 10.7 Å². The van der Waals surface area contributed by atoms with Gasteiger partial charge in [-0.1, -0.05) is 48.0 Å². The second-order valence-electron chi connectivity index (χ2n) is 7.46. The summed E-state index contributed by atoms with van der Waals surface area (Å²) in [6, 6.07) is 15.8. The number of amides is 1. The summed E-state index contributed by atoms with van der Waals surface area (Å²) in [5.74, 6) is 0.0328. The maximum Gasteiger partial charge on any atom is 0.251 e. The quantitative estimate of drug-likeness (QED) is 0.613. The summed E-state index contributed by atoms with van der Waals surface area (Å²) < 4.78 is 0. The summed E-state index contributed by atoms with van der Waals surface area (Å²) in [7, 11) is 0. The van der Waals surface area contributed by atoms with E-state index in [1.807, 2.05) is 55.5 Å². The van der Waals surface area contributed by atoms with Gasteiger partial charge >= 0.3 is 0 Å². The van der Waals surface area contributed by atoms with Gasteiger partial charge in [-0.2, -0.15) is 0 Å². The first-order valence-corrected chi connectivity index (χ1v) is 11.1. The average molecular weight is 426 g/mol. The lowest BCUT2D eigenvalue weighted by molar-refractivity contribution is 0.0908. The molecule has 2 aromatic carbocycles. The van der Waals surface area contributed by atoms with E-state index in [-0.39, 0.29) is 11.9 Å². The average Bonchev–Trinajstić information content (AvgIpc) is 3.18. The van der Waals surface area contributed by atoms with E-state index in [4.69, 9.17) is 16.6 Å². The molecular weight excluding hydrogens is 402 g/mol. The fraction of sp³-hybridized carbons (Fsp3) is 0.304. The molecule has 150 valence electrons. The third-order valence-electron chi connectivity index (χ3n) is 5.35. The normalized spacial score (nSPS) is 15.4. The zero-order valence-electron chi connectivity index (χ0n) is 16.4. The zero-order valence-corrected chi connectivity index (χ0v) is 18.0.